The number of nitrogens with one attached hydrogen (secondary N) is 2. The van der Waals surface area contributed by atoms with Gasteiger partial charge in [0, 0.05) is 24.2 Å². The van der Waals surface area contributed by atoms with E-state index in [4.69, 9.17) is 23.7 Å². The van der Waals surface area contributed by atoms with Crippen LogP contribution in [0.1, 0.15) is 54.7 Å². The number of aromatic hydroxyl groups is 1. The highest BCUT2D eigenvalue weighted by Crippen LogP contribution is 2.38. The molecule has 0 spiro atoms. The molecule has 232 valence electrons. The molecule has 3 aromatic rings. The van der Waals surface area contributed by atoms with Gasteiger partial charge < -0.3 is 39.4 Å². The average molecular weight is 596 g/mol. The van der Waals surface area contributed by atoms with Crippen LogP contribution in [0.4, 0.5) is 0 Å². The summed E-state index contributed by atoms with van der Waals surface area (Å²) < 4.78 is 27.1. The lowest BCUT2D eigenvalue weighted by Gasteiger charge is -2.29. The van der Waals surface area contributed by atoms with E-state index in [1.54, 1.807) is 28.4 Å². The molecule has 0 fully saturated rings. The summed E-state index contributed by atoms with van der Waals surface area (Å²) in [6.45, 7) is 5.79. The second-order valence-corrected chi connectivity index (χ2v) is 10.4. The number of pyridine rings is 1. The van der Waals surface area contributed by atoms with Gasteiger partial charge in [-0.3, -0.25) is 9.59 Å². The smallest absolute Gasteiger partial charge is 0.274 e. The third kappa shape index (κ3) is 7.79. The van der Waals surface area contributed by atoms with Crippen molar-refractivity contribution < 1.29 is 38.4 Å². The summed E-state index contributed by atoms with van der Waals surface area (Å²) in [7, 11) is 7.63. The van der Waals surface area contributed by atoms with E-state index >= 15 is 0 Å². The van der Waals surface area contributed by atoms with Crippen LogP contribution in [0.15, 0.2) is 48.7 Å². The molecule has 3 N–H and O–H groups in total. The van der Waals surface area contributed by atoms with E-state index in [0.717, 1.165) is 11.1 Å². The van der Waals surface area contributed by atoms with Crippen molar-refractivity contribution in [2.75, 3.05) is 35.5 Å². The highest BCUT2D eigenvalue weighted by Gasteiger charge is 2.30. The zero-order chi connectivity index (χ0) is 31.7. The first-order chi connectivity index (χ1) is 20.6. The molecular weight excluding hydrogens is 554 g/mol. The Hall–Kier alpha value is -4.67. The van der Waals surface area contributed by atoms with Gasteiger partial charge >= 0.3 is 0 Å². The fraction of sp³-hybridized carbons (Fsp3) is 0.406. The molecule has 3 rings (SSSR count). The van der Waals surface area contributed by atoms with Crippen LogP contribution in [0.5, 0.6) is 34.5 Å². The maximum atomic E-state index is 13.8. The average Bonchev–Trinajstić information content (AvgIpc) is 3.00. The summed E-state index contributed by atoms with van der Waals surface area (Å²) in [4.78, 5) is 30.9. The van der Waals surface area contributed by atoms with Gasteiger partial charge in [0.05, 0.1) is 35.5 Å². The van der Waals surface area contributed by atoms with Gasteiger partial charge in [-0.15, -0.1) is 0 Å². The van der Waals surface area contributed by atoms with Gasteiger partial charge in [0.2, 0.25) is 5.91 Å². The normalized spacial score (nSPS) is 12.3. The summed E-state index contributed by atoms with van der Waals surface area (Å²) in [5.74, 6) is 0.566. The number of amides is 2. The number of hydrogen-bond acceptors (Lipinski definition) is 9. The van der Waals surface area contributed by atoms with Gasteiger partial charge in [-0.25, -0.2) is 4.98 Å². The number of carbonyl (C=O) groups is 2. The number of ether oxygens (including phenoxy) is 5. The Morgan fingerprint density at radius 2 is 1.26 bits per heavy atom. The first-order valence-corrected chi connectivity index (χ1v) is 13.8. The lowest BCUT2D eigenvalue weighted by molar-refractivity contribution is -0.124. The number of nitrogens with zero attached hydrogens (tertiary/aromatic N) is 1. The second kappa shape index (κ2) is 15.0. The largest absolute Gasteiger partial charge is 0.503 e. The molecule has 0 unspecified atom stereocenters. The first-order valence-electron chi connectivity index (χ1n) is 13.8. The Labute approximate surface area is 252 Å². The van der Waals surface area contributed by atoms with Crippen LogP contribution in [0.25, 0.3) is 0 Å². The van der Waals surface area contributed by atoms with E-state index < -0.39 is 23.7 Å². The lowest BCUT2D eigenvalue weighted by Crippen LogP contribution is -2.51. The lowest BCUT2D eigenvalue weighted by atomic mass is 9.85. The highest BCUT2D eigenvalue weighted by molar-refractivity contribution is 5.98. The summed E-state index contributed by atoms with van der Waals surface area (Å²) in [6, 6.07) is 11.3. The Kier molecular flexibility index (Phi) is 11.4. The van der Waals surface area contributed by atoms with Crippen molar-refractivity contribution in [3.05, 3.63) is 65.5 Å². The first kappa shape index (κ1) is 32.8. The monoisotopic (exact) mass is 595 g/mol. The molecule has 2 aromatic carbocycles. The van der Waals surface area contributed by atoms with E-state index in [9.17, 15) is 14.7 Å². The predicted molar refractivity (Wildman–Crippen MR) is 162 cm³/mol. The van der Waals surface area contributed by atoms with Gasteiger partial charge in [0.15, 0.2) is 40.2 Å². The number of aromatic nitrogens is 1. The van der Waals surface area contributed by atoms with Crippen molar-refractivity contribution in [3.63, 3.8) is 0 Å². The maximum absolute atomic E-state index is 13.8. The van der Waals surface area contributed by atoms with Crippen LogP contribution in [0.3, 0.4) is 0 Å². The minimum Gasteiger partial charge on any atom is -0.503 e. The quantitative estimate of drug-likeness (QED) is 0.249. The van der Waals surface area contributed by atoms with Crippen LogP contribution in [0, 0.1) is 5.92 Å². The molecule has 0 aliphatic heterocycles. The minimum atomic E-state index is -0.904. The summed E-state index contributed by atoms with van der Waals surface area (Å²) in [6.07, 6.45) is 1.70. The van der Waals surface area contributed by atoms with E-state index in [2.05, 4.69) is 15.6 Å². The molecule has 0 radical (unpaired) electrons. The Bertz CT molecular complexity index is 1360. The van der Waals surface area contributed by atoms with Crippen LogP contribution in [-0.4, -0.2) is 69.5 Å². The highest BCUT2D eigenvalue weighted by atomic mass is 16.5. The van der Waals surface area contributed by atoms with Gasteiger partial charge in [-0.05, 0) is 54.7 Å². The van der Waals surface area contributed by atoms with E-state index in [0.29, 0.717) is 29.4 Å². The standard InChI is InChI=1S/C32H41N3O8/c1-18(2)15-22(35-32(38)29-30(36)25(41-6)13-14-33-29)31(37)34-19(3)28(20-9-11-23(39-4)26(16-20)42-7)21-10-12-24(40-5)27(17-21)43-8/h9-14,16-19,22,28,36H,15H2,1-8H3,(H,34,37)(H,35,38)/t19-,22-/m0/s1. The number of hydrogen-bond donors (Lipinski definition) is 3. The van der Waals surface area contributed by atoms with Gasteiger partial charge in [0.25, 0.3) is 5.91 Å². The SMILES string of the molecule is COc1ccc(C(c2ccc(OC)c(OC)c2)[C@H](C)NC(=O)[C@H](CC(C)C)NC(=O)c2nccc(OC)c2O)cc1OC. The molecule has 2 amide bonds. The molecule has 0 bridgehead atoms. The van der Waals surface area contributed by atoms with E-state index in [1.165, 1.54) is 19.4 Å². The molecule has 0 aliphatic rings. The molecule has 2 atom stereocenters. The van der Waals surface area contributed by atoms with Crippen LogP contribution in [0.2, 0.25) is 0 Å². The van der Waals surface area contributed by atoms with E-state index in [1.807, 2.05) is 57.2 Å². The van der Waals surface area contributed by atoms with Crippen molar-refractivity contribution in [1.29, 1.82) is 0 Å². The Morgan fingerprint density at radius 3 is 1.72 bits per heavy atom. The van der Waals surface area contributed by atoms with E-state index in [-0.39, 0.29) is 29.2 Å². The van der Waals surface area contributed by atoms with Gasteiger partial charge in [0.1, 0.15) is 6.04 Å². The van der Waals surface area contributed by atoms with Crippen molar-refractivity contribution in [1.82, 2.24) is 15.6 Å². The Balaban J connectivity index is 1.98. The molecule has 1 aromatic heterocycles. The topological polar surface area (TPSA) is 137 Å². The fourth-order valence-electron chi connectivity index (χ4n) is 4.97. The molecule has 43 heavy (non-hydrogen) atoms. The number of carbonyl (C=O) groups excluding carboxylic acids is 2. The number of benzene rings is 2. The summed E-state index contributed by atoms with van der Waals surface area (Å²) in [5.41, 5.74) is 1.47. The summed E-state index contributed by atoms with van der Waals surface area (Å²) >= 11 is 0. The molecule has 0 saturated carbocycles. The third-order valence-corrected chi connectivity index (χ3v) is 7.05. The van der Waals surface area contributed by atoms with Crippen molar-refractivity contribution in [3.8, 4) is 34.5 Å². The van der Waals surface area contributed by atoms with Gasteiger partial charge in [-0.2, -0.15) is 0 Å². The Morgan fingerprint density at radius 1 is 0.744 bits per heavy atom. The third-order valence-electron chi connectivity index (χ3n) is 7.05. The molecule has 11 heteroatoms. The summed E-state index contributed by atoms with van der Waals surface area (Å²) in [5, 5.41) is 16.3. The van der Waals surface area contributed by atoms with Crippen molar-refractivity contribution in [2.24, 2.45) is 5.92 Å². The van der Waals surface area contributed by atoms with Crippen molar-refractivity contribution in [2.45, 2.75) is 45.2 Å². The van der Waals surface area contributed by atoms with Crippen molar-refractivity contribution >= 4 is 11.8 Å². The zero-order valence-electron chi connectivity index (χ0n) is 25.9. The van der Waals surface area contributed by atoms with Gasteiger partial charge in [-0.1, -0.05) is 26.0 Å². The predicted octanol–water partition coefficient (Wildman–Crippen LogP) is 4.31. The molecule has 11 nitrogen and oxygen atoms in total. The molecule has 0 aliphatic carbocycles. The van der Waals surface area contributed by atoms with Crippen LogP contribution < -0.4 is 34.3 Å². The van der Waals surface area contributed by atoms with Crippen LogP contribution in [-0.2, 0) is 4.79 Å². The molecule has 0 saturated heterocycles. The molecular formula is C32H41N3O8. The van der Waals surface area contributed by atoms with Crippen LogP contribution >= 0.6 is 0 Å². The number of rotatable bonds is 14. The zero-order valence-corrected chi connectivity index (χ0v) is 25.9. The fourth-order valence-corrected chi connectivity index (χ4v) is 4.97. The number of methoxy groups -OCH3 is 5. The maximum Gasteiger partial charge on any atom is 0.274 e. The molecule has 1 heterocycles. The second-order valence-electron chi connectivity index (χ2n) is 10.4. The minimum absolute atomic E-state index is 0.0747.